The fourth-order valence-electron chi connectivity index (χ4n) is 4.42. The number of nitrogens with one attached hydrogen (secondary N) is 2. The van der Waals surface area contributed by atoms with Gasteiger partial charge in [0.05, 0.1) is 0 Å². The Balaban J connectivity index is 1.14. The molecule has 0 radical (unpaired) electrons. The third-order valence-electron chi connectivity index (χ3n) is 6.29. The Morgan fingerprint density at radius 2 is 1.79 bits per heavy atom. The van der Waals surface area contributed by atoms with E-state index in [1.807, 2.05) is 30.3 Å². The Morgan fingerprint density at radius 3 is 2.48 bits per heavy atom. The van der Waals surface area contributed by atoms with Crippen LogP contribution in [0.15, 0.2) is 60.0 Å². The zero-order valence-corrected chi connectivity index (χ0v) is 19.0. The van der Waals surface area contributed by atoms with Crippen LogP contribution in [0.4, 0.5) is 5.13 Å². The Hall–Kier alpha value is -3.23. The Morgan fingerprint density at radius 1 is 1.03 bits per heavy atom. The number of fused-ring (bicyclic) bond motifs is 3. The number of thiazole rings is 1. The summed E-state index contributed by atoms with van der Waals surface area (Å²) in [4.78, 5) is 32.0. The highest BCUT2D eigenvalue weighted by Gasteiger charge is 2.35. The first-order valence-electron chi connectivity index (χ1n) is 11.2. The smallest absolute Gasteiger partial charge is 0.271 e. The third-order valence-corrected chi connectivity index (χ3v) is 7.05. The molecule has 170 valence electrons. The first-order valence-corrected chi connectivity index (χ1v) is 12.1. The highest BCUT2D eigenvalue weighted by Crippen LogP contribution is 2.28. The van der Waals surface area contributed by atoms with Gasteiger partial charge in [-0.2, -0.15) is 0 Å². The highest BCUT2D eigenvalue weighted by atomic mass is 32.1. The molecule has 2 N–H and O–H groups in total. The number of benzene rings is 2. The molecular weight excluding hydrogens is 436 g/mol. The zero-order chi connectivity index (χ0) is 22.6. The minimum absolute atomic E-state index is 0.176. The molecule has 8 heteroatoms. The molecule has 3 aromatic rings. The van der Waals surface area contributed by atoms with Gasteiger partial charge in [0, 0.05) is 23.5 Å². The molecule has 2 aromatic carbocycles. The largest absolute Gasteiger partial charge is 0.489 e. The quantitative estimate of drug-likeness (QED) is 0.558. The summed E-state index contributed by atoms with van der Waals surface area (Å²) in [6, 6.07) is 17.1. The normalized spacial score (nSPS) is 21.4. The summed E-state index contributed by atoms with van der Waals surface area (Å²) in [5.41, 5.74) is 1.92. The lowest BCUT2D eigenvalue weighted by molar-refractivity contribution is 0.0618. The van der Waals surface area contributed by atoms with Crippen LogP contribution in [0.3, 0.4) is 0 Å². The van der Waals surface area contributed by atoms with E-state index < -0.39 is 0 Å². The molecule has 1 unspecified atom stereocenters. The molecule has 6 rings (SSSR count). The summed E-state index contributed by atoms with van der Waals surface area (Å²) in [6.07, 6.45) is 2.28. The second-order valence-electron chi connectivity index (χ2n) is 8.51. The molecule has 1 atom stereocenters. The number of hydrogen-bond donors (Lipinski definition) is 2. The summed E-state index contributed by atoms with van der Waals surface area (Å²) in [5, 5.41) is 8.01. The van der Waals surface area contributed by atoms with Gasteiger partial charge in [-0.1, -0.05) is 30.3 Å². The topological polar surface area (TPSA) is 83.6 Å². The van der Waals surface area contributed by atoms with Crippen molar-refractivity contribution in [1.29, 1.82) is 0 Å². The fourth-order valence-corrected chi connectivity index (χ4v) is 5.10. The lowest BCUT2D eigenvalue weighted by Crippen LogP contribution is -2.57. The van der Waals surface area contributed by atoms with Gasteiger partial charge in [-0.3, -0.25) is 14.9 Å². The number of carbonyl (C=O) groups is 2. The van der Waals surface area contributed by atoms with E-state index in [-0.39, 0.29) is 17.9 Å². The van der Waals surface area contributed by atoms with Gasteiger partial charge in [-0.25, -0.2) is 4.98 Å². The molecule has 2 amide bonds. The van der Waals surface area contributed by atoms with E-state index in [4.69, 9.17) is 4.74 Å². The van der Waals surface area contributed by atoms with Crippen LogP contribution in [-0.4, -0.2) is 47.4 Å². The van der Waals surface area contributed by atoms with E-state index in [9.17, 15) is 9.59 Å². The van der Waals surface area contributed by atoms with Gasteiger partial charge >= 0.3 is 0 Å². The van der Waals surface area contributed by atoms with Crippen LogP contribution in [0.25, 0.3) is 0 Å². The summed E-state index contributed by atoms with van der Waals surface area (Å²) in [6.45, 7) is 3.64. The number of anilines is 1. The van der Waals surface area contributed by atoms with Gasteiger partial charge in [0.15, 0.2) is 5.13 Å². The summed E-state index contributed by atoms with van der Waals surface area (Å²) >= 11 is 1.25. The van der Waals surface area contributed by atoms with E-state index in [2.05, 4.69) is 20.5 Å². The molecule has 3 fully saturated rings. The van der Waals surface area contributed by atoms with Crippen molar-refractivity contribution in [2.45, 2.75) is 25.5 Å². The third kappa shape index (κ3) is 5.23. The Kier molecular flexibility index (Phi) is 6.37. The molecule has 1 aromatic heterocycles. The molecule has 33 heavy (non-hydrogen) atoms. The SMILES string of the molecule is O=C(Nc1nc(C(=O)NC2CN3CCC2CC3)cs1)c1ccc(OCc2ccccc2)cc1. The van der Waals surface area contributed by atoms with Gasteiger partial charge in [-0.15, -0.1) is 11.3 Å². The summed E-state index contributed by atoms with van der Waals surface area (Å²) < 4.78 is 5.77. The van der Waals surface area contributed by atoms with Crippen molar-refractivity contribution >= 4 is 28.3 Å². The number of nitrogens with zero attached hydrogens (tertiary/aromatic N) is 2. The lowest BCUT2D eigenvalue weighted by atomic mass is 9.84. The van der Waals surface area contributed by atoms with E-state index in [0.29, 0.717) is 34.7 Å². The number of piperidine rings is 3. The molecule has 0 aliphatic carbocycles. The standard InChI is InChI=1S/C25H26N4O3S/c30-23(19-6-8-20(9-7-19)32-15-17-4-2-1-3-5-17)28-25-27-22(16-33-25)24(31)26-21-14-29-12-10-18(21)11-13-29/h1-9,16,18,21H,10-15H2,(H,26,31)(H,27,28,30). The van der Waals surface area contributed by atoms with E-state index in [1.54, 1.807) is 29.6 Å². The van der Waals surface area contributed by atoms with Crippen molar-refractivity contribution in [3.63, 3.8) is 0 Å². The maximum Gasteiger partial charge on any atom is 0.271 e. The van der Waals surface area contributed by atoms with Crippen molar-refractivity contribution in [2.24, 2.45) is 5.92 Å². The maximum atomic E-state index is 12.6. The van der Waals surface area contributed by atoms with Crippen molar-refractivity contribution in [2.75, 3.05) is 25.0 Å². The number of rotatable bonds is 7. The molecular formula is C25H26N4O3S. The van der Waals surface area contributed by atoms with Crippen molar-refractivity contribution in [3.05, 3.63) is 76.8 Å². The first-order chi connectivity index (χ1) is 16.1. The van der Waals surface area contributed by atoms with Crippen LogP contribution in [0.1, 0.15) is 39.3 Å². The van der Waals surface area contributed by atoms with Gasteiger partial charge in [0.25, 0.3) is 11.8 Å². The molecule has 0 saturated carbocycles. The van der Waals surface area contributed by atoms with Crippen molar-refractivity contribution in [1.82, 2.24) is 15.2 Å². The average molecular weight is 463 g/mol. The molecule has 7 nitrogen and oxygen atoms in total. The Labute approximate surface area is 196 Å². The average Bonchev–Trinajstić information content (AvgIpc) is 3.33. The number of ether oxygens (including phenoxy) is 1. The predicted octanol–water partition coefficient (Wildman–Crippen LogP) is 3.80. The number of hydrogen-bond acceptors (Lipinski definition) is 6. The summed E-state index contributed by atoms with van der Waals surface area (Å²) in [5.74, 6) is 0.793. The lowest BCUT2D eigenvalue weighted by Gasteiger charge is -2.44. The van der Waals surface area contributed by atoms with Crippen molar-refractivity contribution < 1.29 is 14.3 Å². The second-order valence-corrected chi connectivity index (χ2v) is 9.37. The van der Waals surface area contributed by atoms with Gasteiger partial charge in [0.1, 0.15) is 18.1 Å². The van der Waals surface area contributed by atoms with Gasteiger partial charge in [0.2, 0.25) is 0 Å². The van der Waals surface area contributed by atoms with Crippen LogP contribution in [-0.2, 0) is 6.61 Å². The van der Waals surface area contributed by atoms with Crippen molar-refractivity contribution in [3.8, 4) is 5.75 Å². The zero-order valence-electron chi connectivity index (χ0n) is 18.2. The maximum absolute atomic E-state index is 12.6. The molecule has 3 aliphatic rings. The molecule has 0 spiro atoms. The monoisotopic (exact) mass is 462 g/mol. The summed E-state index contributed by atoms with van der Waals surface area (Å²) in [7, 11) is 0. The molecule has 2 bridgehead atoms. The van der Waals surface area contributed by atoms with Gasteiger partial charge in [-0.05, 0) is 61.7 Å². The number of amides is 2. The van der Waals surface area contributed by atoms with Crippen LogP contribution in [0, 0.1) is 5.92 Å². The second kappa shape index (κ2) is 9.72. The predicted molar refractivity (Wildman–Crippen MR) is 128 cm³/mol. The van der Waals surface area contributed by atoms with Crippen LogP contribution >= 0.6 is 11.3 Å². The molecule has 4 heterocycles. The first kappa shape index (κ1) is 21.6. The van der Waals surface area contributed by atoms with E-state index in [0.717, 1.165) is 38.0 Å². The van der Waals surface area contributed by atoms with Crippen LogP contribution < -0.4 is 15.4 Å². The fraction of sp³-hybridized carbons (Fsp3) is 0.320. The van der Waals surface area contributed by atoms with Gasteiger partial charge < -0.3 is 15.0 Å². The highest BCUT2D eigenvalue weighted by molar-refractivity contribution is 7.14. The Bertz CT molecular complexity index is 1110. The van der Waals surface area contributed by atoms with Crippen LogP contribution in [0.5, 0.6) is 5.75 Å². The van der Waals surface area contributed by atoms with Crippen LogP contribution in [0.2, 0.25) is 0 Å². The number of aromatic nitrogens is 1. The van der Waals surface area contributed by atoms with E-state index in [1.165, 1.54) is 11.3 Å². The molecule has 3 saturated heterocycles. The number of carbonyl (C=O) groups excluding carboxylic acids is 2. The molecule has 3 aliphatic heterocycles. The minimum atomic E-state index is -0.275. The van der Waals surface area contributed by atoms with E-state index >= 15 is 0 Å². The minimum Gasteiger partial charge on any atom is -0.489 e.